The van der Waals surface area contributed by atoms with Crippen LogP contribution in [0.5, 0.6) is 0 Å². The lowest BCUT2D eigenvalue weighted by Gasteiger charge is -2.19. The van der Waals surface area contributed by atoms with Crippen LogP contribution >= 0.6 is 24.0 Å². The summed E-state index contributed by atoms with van der Waals surface area (Å²) in [5, 5.41) is 7.54. The summed E-state index contributed by atoms with van der Waals surface area (Å²) in [6.45, 7) is 0.544. The van der Waals surface area contributed by atoms with Crippen LogP contribution in [0.15, 0.2) is 59.9 Å². The largest absolute Gasteiger partial charge is 0.370 e. The van der Waals surface area contributed by atoms with E-state index in [2.05, 4.69) is 51.8 Å². The minimum absolute atomic E-state index is 0. The van der Waals surface area contributed by atoms with Crippen LogP contribution < -0.4 is 11.1 Å². The molecule has 1 heterocycles. The Morgan fingerprint density at radius 1 is 1.14 bits per heavy atom. The molecule has 5 nitrogen and oxygen atoms in total. The van der Waals surface area contributed by atoms with Crippen molar-refractivity contribution in [3.63, 3.8) is 0 Å². The molecule has 28 heavy (non-hydrogen) atoms. The highest BCUT2D eigenvalue weighted by atomic mass is 127. The van der Waals surface area contributed by atoms with Crippen molar-refractivity contribution >= 4 is 35.6 Å². The molecule has 0 bridgehead atoms. The monoisotopic (exact) mass is 487 g/mol. The number of nitrogens with two attached hydrogens (primary N) is 1. The zero-order chi connectivity index (χ0) is 18.6. The Morgan fingerprint density at radius 2 is 1.96 bits per heavy atom. The van der Waals surface area contributed by atoms with Crippen LogP contribution in [0.3, 0.4) is 0 Å². The third kappa shape index (κ3) is 4.73. The first-order chi connectivity index (χ1) is 13.2. The highest BCUT2D eigenvalue weighted by Crippen LogP contribution is 2.27. The molecule has 2 aromatic carbocycles. The number of guanidine groups is 1. The van der Waals surface area contributed by atoms with Crippen LogP contribution in [-0.4, -0.2) is 15.7 Å². The van der Waals surface area contributed by atoms with Gasteiger partial charge in [0.2, 0.25) is 0 Å². The van der Waals surface area contributed by atoms with Gasteiger partial charge in [0.05, 0.1) is 12.7 Å². The molecular formula is C22H26IN5. The first kappa shape index (κ1) is 20.4. The average molecular weight is 487 g/mol. The van der Waals surface area contributed by atoms with Gasteiger partial charge in [0, 0.05) is 24.5 Å². The van der Waals surface area contributed by atoms with Crippen LogP contribution in [0.1, 0.15) is 29.5 Å². The molecule has 0 fully saturated rings. The van der Waals surface area contributed by atoms with Crippen molar-refractivity contribution in [1.82, 2.24) is 9.78 Å². The lowest BCUT2D eigenvalue weighted by atomic mass is 9.90. The first-order valence-electron chi connectivity index (χ1n) is 9.45. The lowest BCUT2D eigenvalue weighted by molar-refractivity contribution is 0.687. The summed E-state index contributed by atoms with van der Waals surface area (Å²) in [4.78, 5) is 4.54. The van der Waals surface area contributed by atoms with Gasteiger partial charge in [0.25, 0.3) is 0 Å². The normalized spacial score (nSPS) is 13.5. The fourth-order valence-corrected chi connectivity index (χ4v) is 3.67. The zero-order valence-electron chi connectivity index (χ0n) is 16.1. The number of hydrogen-bond acceptors (Lipinski definition) is 2. The maximum Gasteiger partial charge on any atom is 0.193 e. The Labute approximate surface area is 183 Å². The van der Waals surface area contributed by atoms with Gasteiger partial charge in [0.15, 0.2) is 5.96 Å². The number of nitrogens with zero attached hydrogens (tertiary/aromatic N) is 3. The van der Waals surface area contributed by atoms with Gasteiger partial charge >= 0.3 is 0 Å². The van der Waals surface area contributed by atoms with E-state index in [0.29, 0.717) is 12.5 Å². The third-order valence-electron chi connectivity index (χ3n) is 5.06. The standard InChI is InChI=1S/C22H25N5.HI/c1-27-15-19(14-25-27)18-9-4-6-16(12-18)13-24-22(23)26-21-11-5-8-17-7-2-3-10-20(17)21;/h4-6,8-9,11-12,14-15H,2-3,7,10,13H2,1H3,(H3,23,24,26);1H. The highest BCUT2D eigenvalue weighted by molar-refractivity contribution is 14.0. The van der Waals surface area contributed by atoms with Crippen molar-refractivity contribution in [2.75, 3.05) is 5.32 Å². The van der Waals surface area contributed by atoms with E-state index >= 15 is 0 Å². The second-order valence-electron chi connectivity index (χ2n) is 7.08. The van der Waals surface area contributed by atoms with E-state index in [1.165, 1.54) is 24.0 Å². The first-order valence-corrected chi connectivity index (χ1v) is 9.45. The third-order valence-corrected chi connectivity index (χ3v) is 5.06. The Balaban J connectivity index is 0.00000225. The molecule has 3 aromatic rings. The van der Waals surface area contributed by atoms with Crippen molar-refractivity contribution in [1.29, 1.82) is 0 Å². The molecule has 0 amide bonds. The number of nitrogens with one attached hydrogen (secondary N) is 1. The van der Waals surface area contributed by atoms with Crippen molar-refractivity contribution in [2.45, 2.75) is 32.2 Å². The fraction of sp³-hybridized carbons (Fsp3) is 0.273. The Morgan fingerprint density at radius 3 is 2.79 bits per heavy atom. The summed E-state index contributed by atoms with van der Waals surface area (Å²) in [5.41, 5.74) is 13.4. The van der Waals surface area contributed by atoms with E-state index in [9.17, 15) is 0 Å². The maximum absolute atomic E-state index is 6.16. The van der Waals surface area contributed by atoms with Crippen molar-refractivity contribution in [3.05, 3.63) is 71.5 Å². The summed E-state index contributed by atoms with van der Waals surface area (Å²) in [7, 11) is 1.92. The second-order valence-corrected chi connectivity index (χ2v) is 7.08. The summed E-state index contributed by atoms with van der Waals surface area (Å²) >= 11 is 0. The zero-order valence-corrected chi connectivity index (χ0v) is 18.4. The van der Waals surface area contributed by atoms with Crippen molar-refractivity contribution in [2.24, 2.45) is 17.8 Å². The predicted octanol–water partition coefficient (Wildman–Crippen LogP) is 4.51. The minimum Gasteiger partial charge on any atom is -0.370 e. The predicted molar refractivity (Wildman–Crippen MR) is 126 cm³/mol. The van der Waals surface area contributed by atoms with Crippen molar-refractivity contribution < 1.29 is 0 Å². The molecule has 0 atom stereocenters. The molecule has 146 valence electrons. The van der Waals surface area contributed by atoms with Crippen molar-refractivity contribution in [3.8, 4) is 11.1 Å². The van der Waals surface area contributed by atoms with Gasteiger partial charge < -0.3 is 11.1 Å². The van der Waals surface area contributed by atoms with Crippen LogP contribution in [-0.2, 0) is 26.4 Å². The van der Waals surface area contributed by atoms with Gasteiger partial charge in [-0.15, -0.1) is 24.0 Å². The van der Waals surface area contributed by atoms with Gasteiger partial charge in [-0.25, -0.2) is 4.99 Å². The van der Waals surface area contributed by atoms with Gasteiger partial charge in [-0.1, -0.05) is 30.3 Å². The number of fused-ring (bicyclic) bond motifs is 1. The summed E-state index contributed by atoms with van der Waals surface area (Å²) in [6.07, 6.45) is 8.66. The van der Waals surface area contributed by atoms with E-state index in [4.69, 9.17) is 5.73 Å². The van der Waals surface area contributed by atoms with E-state index in [1.54, 1.807) is 0 Å². The van der Waals surface area contributed by atoms with E-state index in [-0.39, 0.29) is 24.0 Å². The number of hydrogen-bond donors (Lipinski definition) is 2. The summed E-state index contributed by atoms with van der Waals surface area (Å²) in [5.74, 6) is 0.459. The van der Waals surface area contributed by atoms with E-state index in [1.807, 2.05) is 30.2 Å². The molecule has 0 spiro atoms. The molecule has 1 aliphatic rings. The molecule has 4 rings (SSSR count). The molecule has 1 aromatic heterocycles. The quantitative estimate of drug-likeness (QED) is 0.323. The Kier molecular flexibility index (Phi) is 6.72. The average Bonchev–Trinajstić information content (AvgIpc) is 3.13. The number of benzene rings is 2. The number of aliphatic imine (C=N–C) groups is 1. The maximum atomic E-state index is 6.16. The van der Waals surface area contributed by atoms with E-state index in [0.717, 1.165) is 35.2 Å². The van der Waals surface area contributed by atoms with Gasteiger partial charge in [0.1, 0.15) is 0 Å². The molecule has 0 saturated carbocycles. The Hall–Kier alpha value is -2.35. The van der Waals surface area contributed by atoms with Gasteiger partial charge in [-0.3, -0.25) is 4.68 Å². The molecule has 0 unspecified atom stereocenters. The molecule has 0 saturated heterocycles. The minimum atomic E-state index is 0. The van der Waals surface area contributed by atoms with Crippen LogP contribution in [0.4, 0.5) is 5.69 Å². The number of halogens is 1. The number of rotatable bonds is 4. The molecule has 6 heteroatoms. The molecular weight excluding hydrogens is 461 g/mol. The van der Waals surface area contributed by atoms with Gasteiger partial charge in [-0.2, -0.15) is 5.10 Å². The summed E-state index contributed by atoms with van der Waals surface area (Å²) in [6, 6.07) is 14.7. The summed E-state index contributed by atoms with van der Waals surface area (Å²) < 4.78 is 1.81. The SMILES string of the molecule is Cn1cc(-c2cccc(CN=C(N)Nc3cccc4c3CCCC4)c2)cn1.I. The topological polar surface area (TPSA) is 68.2 Å². The second kappa shape index (κ2) is 9.23. The molecule has 3 N–H and O–H groups in total. The smallest absolute Gasteiger partial charge is 0.193 e. The number of aromatic nitrogens is 2. The molecule has 0 aliphatic heterocycles. The Bertz CT molecular complexity index is 977. The number of aryl methyl sites for hydroxylation is 2. The fourth-order valence-electron chi connectivity index (χ4n) is 3.67. The number of anilines is 1. The lowest BCUT2D eigenvalue weighted by Crippen LogP contribution is -2.24. The van der Waals surface area contributed by atoms with Gasteiger partial charge in [-0.05, 0) is 60.1 Å². The van der Waals surface area contributed by atoms with E-state index < -0.39 is 0 Å². The molecule has 0 radical (unpaired) electrons. The molecule has 1 aliphatic carbocycles. The van der Waals surface area contributed by atoms with Crippen LogP contribution in [0, 0.1) is 0 Å². The van der Waals surface area contributed by atoms with Crippen LogP contribution in [0.25, 0.3) is 11.1 Å². The highest BCUT2D eigenvalue weighted by Gasteiger charge is 2.13. The van der Waals surface area contributed by atoms with Crippen LogP contribution in [0.2, 0.25) is 0 Å².